The fraction of sp³-hybridized carbons (Fsp3) is 0.846. The van der Waals surface area contributed by atoms with E-state index in [-0.39, 0.29) is 5.41 Å². The Bertz CT molecular complexity index is 395. The molecule has 17 heavy (non-hydrogen) atoms. The van der Waals surface area contributed by atoms with Gasteiger partial charge in [0.1, 0.15) is 4.75 Å². The van der Waals surface area contributed by atoms with E-state index in [1.165, 1.54) is 0 Å². The van der Waals surface area contributed by atoms with Crippen molar-refractivity contribution in [3.05, 3.63) is 12.2 Å². The third-order valence-corrected chi connectivity index (χ3v) is 5.66. The maximum absolute atomic E-state index is 11.7. The van der Waals surface area contributed by atoms with E-state index >= 15 is 0 Å². The number of rotatable bonds is 4. The second kappa shape index (κ2) is 4.73. The first kappa shape index (κ1) is 14.7. The van der Waals surface area contributed by atoms with E-state index in [9.17, 15) is 13.0 Å². The van der Waals surface area contributed by atoms with Crippen LogP contribution in [0.5, 0.6) is 0 Å². The molecule has 1 rings (SSSR count). The second-order valence-corrected chi connectivity index (χ2v) is 7.72. The van der Waals surface area contributed by atoms with E-state index in [0.29, 0.717) is 18.8 Å². The van der Waals surface area contributed by atoms with Crippen LogP contribution in [0.4, 0.5) is 0 Å². The fourth-order valence-electron chi connectivity index (χ4n) is 2.53. The minimum Gasteiger partial charge on any atom is -0.285 e. The van der Waals surface area contributed by atoms with Gasteiger partial charge >= 0.3 is 0 Å². The van der Waals surface area contributed by atoms with Crippen LogP contribution in [-0.2, 0) is 10.1 Å². The van der Waals surface area contributed by atoms with Gasteiger partial charge in [0.05, 0.1) is 0 Å². The minimum absolute atomic E-state index is 0.0989. The molecule has 0 aromatic rings. The van der Waals surface area contributed by atoms with Crippen molar-refractivity contribution in [2.45, 2.75) is 58.1 Å². The lowest BCUT2D eigenvalue weighted by Gasteiger charge is -2.42. The van der Waals surface area contributed by atoms with Gasteiger partial charge in [0, 0.05) is 0 Å². The lowest BCUT2D eigenvalue weighted by Crippen LogP contribution is -2.45. The average molecular weight is 260 g/mol. The molecule has 100 valence electrons. The van der Waals surface area contributed by atoms with Crippen molar-refractivity contribution >= 4 is 10.1 Å². The summed E-state index contributed by atoms with van der Waals surface area (Å²) < 4.78 is 31.9. The summed E-state index contributed by atoms with van der Waals surface area (Å²) in [6.45, 7) is 8.24. The van der Waals surface area contributed by atoms with Crippen LogP contribution in [0.3, 0.4) is 0 Å². The van der Waals surface area contributed by atoms with Crippen molar-refractivity contribution in [1.29, 1.82) is 0 Å². The topological polar surface area (TPSA) is 54.4 Å². The normalized spacial score (nSPS) is 32.6. The van der Waals surface area contributed by atoms with Gasteiger partial charge in [-0.05, 0) is 24.2 Å². The largest absolute Gasteiger partial charge is 0.285 e. The Balaban J connectivity index is 3.14. The van der Waals surface area contributed by atoms with Gasteiger partial charge in [0.25, 0.3) is 10.1 Å². The van der Waals surface area contributed by atoms with Crippen LogP contribution in [0.2, 0.25) is 0 Å². The first-order valence-corrected chi connectivity index (χ1v) is 7.75. The van der Waals surface area contributed by atoms with Crippen molar-refractivity contribution < 1.29 is 13.0 Å². The van der Waals surface area contributed by atoms with E-state index in [1.54, 1.807) is 6.08 Å². The summed E-state index contributed by atoms with van der Waals surface area (Å²) in [6.07, 6.45) is 6.40. The maximum atomic E-state index is 11.7. The highest BCUT2D eigenvalue weighted by atomic mass is 32.2. The number of allylic oxidation sites excluding steroid dienone is 1. The molecule has 0 heterocycles. The molecule has 0 aliphatic heterocycles. The Morgan fingerprint density at radius 1 is 1.41 bits per heavy atom. The van der Waals surface area contributed by atoms with Crippen molar-refractivity contribution in [2.75, 3.05) is 0 Å². The summed E-state index contributed by atoms with van der Waals surface area (Å²) in [6, 6.07) is 0. The highest BCUT2D eigenvalue weighted by molar-refractivity contribution is 7.87. The van der Waals surface area contributed by atoms with Gasteiger partial charge in [0.15, 0.2) is 0 Å². The minimum atomic E-state index is -4.04. The third-order valence-electron chi connectivity index (χ3n) is 4.14. The van der Waals surface area contributed by atoms with Crippen LogP contribution in [0.15, 0.2) is 12.2 Å². The molecule has 0 saturated carbocycles. The molecule has 0 fully saturated rings. The highest BCUT2D eigenvalue weighted by Crippen LogP contribution is 2.46. The van der Waals surface area contributed by atoms with Crippen LogP contribution in [0, 0.1) is 11.3 Å². The zero-order chi connectivity index (χ0) is 13.3. The van der Waals surface area contributed by atoms with Crippen molar-refractivity contribution in [2.24, 2.45) is 11.3 Å². The molecule has 4 heteroatoms. The van der Waals surface area contributed by atoms with E-state index in [4.69, 9.17) is 0 Å². The molecule has 3 nitrogen and oxygen atoms in total. The lowest BCUT2D eigenvalue weighted by atomic mass is 9.68. The van der Waals surface area contributed by atoms with Gasteiger partial charge in [-0.3, -0.25) is 4.55 Å². The molecule has 2 unspecified atom stereocenters. The molecular formula is C13H24O3S. The second-order valence-electron chi connectivity index (χ2n) is 5.96. The van der Waals surface area contributed by atoms with Gasteiger partial charge in [0.2, 0.25) is 0 Å². The first-order chi connectivity index (χ1) is 7.65. The molecule has 0 aromatic heterocycles. The quantitative estimate of drug-likeness (QED) is 0.622. The van der Waals surface area contributed by atoms with E-state index in [1.807, 2.05) is 13.0 Å². The molecule has 0 bridgehead atoms. The van der Waals surface area contributed by atoms with Crippen LogP contribution in [0.25, 0.3) is 0 Å². The molecule has 1 aliphatic rings. The van der Waals surface area contributed by atoms with Crippen molar-refractivity contribution in [3.63, 3.8) is 0 Å². The lowest BCUT2D eigenvalue weighted by molar-refractivity contribution is 0.205. The van der Waals surface area contributed by atoms with Crippen molar-refractivity contribution in [1.82, 2.24) is 0 Å². The summed E-state index contributed by atoms with van der Waals surface area (Å²) in [4.78, 5) is 0. The van der Waals surface area contributed by atoms with Gasteiger partial charge in [-0.2, -0.15) is 8.42 Å². The Hall–Kier alpha value is -0.350. The molecule has 0 saturated heterocycles. The van der Waals surface area contributed by atoms with Crippen LogP contribution >= 0.6 is 0 Å². The SMILES string of the molecule is CCCCC1(S(=O)(=O)O)C=CC(C)C(C)(C)C1. The maximum Gasteiger partial charge on any atom is 0.274 e. The molecule has 2 atom stereocenters. The molecule has 0 spiro atoms. The molecular weight excluding hydrogens is 236 g/mol. The third kappa shape index (κ3) is 2.91. The zero-order valence-electron chi connectivity index (χ0n) is 11.2. The molecule has 0 amide bonds. The zero-order valence-corrected chi connectivity index (χ0v) is 12.0. The van der Waals surface area contributed by atoms with Crippen LogP contribution < -0.4 is 0 Å². The van der Waals surface area contributed by atoms with Crippen molar-refractivity contribution in [3.8, 4) is 0 Å². The Kier molecular flexibility index (Phi) is 4.09. The van der Waals surface area contributed by atoms with E-state index < -0.39 is 14.9 Å². The Morgan fingerprint density at radius 3 is 2.41 bits per heavy atom. The summed E-state index contributed by atoms with van der Waals surface area (Å²) >= 11 is 0. The number of hydrogen-bond donors (Lipinski definition) is 1. The van der Waals surface area contributed by atoms with Gasteiger partial charge < -0.3 is 0 Å². The summed E-state index contributed by atoms with van der Waals surface area (Å²) in [7, 11) is -4.04. The summed E-state index contributed by atoms with van der Waals surface area (Å²) in [5, 5.41) is 0. The average Bonchev–Trinajstić information content (AvgIpc) is 2.18. The molecule has 0 aromatic carbocycles. The van der Waals surface area contributed by atoms with Gasteiger partial charge in [-0.1, -0.05) is 52.7 Å². The van der Waals surface area contributed by atoms with Crippen LogP contribution in [-0.4, -0.2) is 17.7 Å². The summed E-state index contributed by atoms with van der Waals surface area (Å²) in [5.41, 5.74) is -0.0989. The number of unbranched alkanes of at least 4 members (excludes halogenated alkanes) is 1. The standard InChI is InChI=1S/C13H24O3S/c1-5-6-8-13(17(14,15)16)9-7-11(2)12(3,4)10-13/h7,9,11H,5-6,8,10H2,1-4H3,(H,14,15,16). The van der Waals surface area contributed by atoms with Gasteiger partial charge in [-0.25, -0.2) is 0 Å². The monoisotopic (exact) mass is 260 g/mol. The first-order valence-electron chi connectivity index (χ1n) is 6.31. The molecule has 1 aliphatic carbocycles. The van der Waals surface area contributed by atoms with Gasteiger partial charge in [-0.15, -0.1) is 0 Å². The highest BCUT2D eigenvalue weighted by Gasteiger charge is 2.47. The fourth-order valence-corrected chi connectivity index (χ4v) is 3.73. The molecule has 1 N–H and O–H groups in total. The number of hydrogen-bond acceptors (Lipinski definition) is 2. The predicted molar refractivity (Wildman–Crippen MR) is 70.5 cm³/mol. The Morgan fingerprint density at radius 2 is 2.00 bits per heavy atom. The van der Waals surface area contributed by atoms with E-state index in [0.717, 1.165) is 12.8 Å². The smallest absolute Gasteiger partial charge is 0.274 e. The van der Waals surface area contributed by atoms with Crippen LogP contribution in [0.1, 0.15) is 53.4 Å². The Labute approximate surface area is 105 Å². The predicted octanol–water partition coefficient (Wildman–Crippen LogP) is 3.43. The van der Waals surface area contributed by atoms with E-state index in [2.05, 4.69) is 20.8 Å². The summed E-state index contributed by atoms with van der Waals surface area (Å²) in [5.74, 6) is 0.332. The molecule has 0 radical (unpaired) electrons.